The summed E-state index contributed by atoms with van der Waals surface area (Å²) in [5.74, 6) is -0.448. The van der Waals surface area contributed by atoms with Crippen molar-refractivity contribution >= 4 is 11.9 Å². The number of esters is 1. The first kappa shape index (κ1) is 20.2. The molecule has 142 valence electrons. The summed E-state index contributed by atoms with van der Waals surface area (Å²) in [5.41, 5.74) is 0.373. The van der Waals surface area contributed by atoms with Crippen molar-refractivity contribution in [2.75, 3.05) is 0 Å². The van der Waals surface area contributed by atoms with Gasteiger partial charge in [-0.15, -0.1) is 6.58 Å². The van der Waals surface area contributed by atoms with E-state index in [9.17, 15) is 9.59 Å². The highest BCUT2D eigenvalue weighted by atomic mass is 16.7. The summed E-state index contributed by atoms with van der Waals surface area (Å²) in [4.78, 5) is 30.7. The van der Waals surface area contributed by atoms with Crippen molar-refractivity contribution in [1.82, 2.24) is 5.06 Å². The third kappa shape index (κ3) is 4.94. The van der Waals surface area contributed by atoms with E-state index < -0.39 is 11.5 Å². The Kier molecular flexibility index (Phi) is 6.59. The molecule has 1 aliphatic heterocycles. The van der Waals surface area contributed by atoms with Gasteiger partial charge in [0.25, 0.3) is 0 Å². The number of carbonyl (C=O) groups is 2. The number of hydrogen-bond acceptors (Lipinski definition) is 4. The van der Waals surface area contributed by atoms with E-state index in [-0.39, 0.29) is 36.9 Å². The molecular weight excluding hydrogens is 330 g/mol. The SMILES string of the molecule is C=C[C@H](C)[C@H]1[C@H](OC(=O)C(C)(C)C)CCC(=O)N1OCc1ccccc1. The fraction of sp³-hybridized carbons (Fsp3) is 0.524. The molecule has 1 saturated heterocycles. The molecule has 1 heterocycles. The largest absolute Gasteiger partial charge is 0.460 e. The van der Waals surface area contributed by atoms with E-state index in [0.717, 1.165) is 5.56 Å². The van der Waals surface area contributed by atoms with Crippen LogP contribution in [0.15, 0.2) is 43.0 Å². The van der Waals surface area contributed by atoms with Crippen LogP contribution >= 0.6 is 0 Å². The molecule has 1 amide bonds. The van der Waals surface area contributed by atoms with Crippen LogP contribution < -0.4 is 0 Å². The molecule has 0 aliphatic carbocycles. The number of amides is 1. The zero-order valence-corrected chi connectivity index (χ0v) is 16.1. The van der Waals surface area contributed by atoms with Crippen LogP contribution in [0.5, 0.6) is 0 Å². The van der Waals surface area contributed by atoms with Gasteiger partial charge in [-0.3, -0.25) is 14.4 Å². The van der Waals surface area contributed by atoms with Gasteiger partial charge in [-0.05, 0) is 32.8 Å². The smallest absolute Gasteiger partial charge is 0.311 e. The summed E-state index contributed by atoms with van der Waals surface area (Å²) in [5, 5.41) is 1.39. The molecule has 0 bridgehead atoms. The molecule has 1 fully saturated rings. The Balaban J connectivity index is 2.18. The lowest BCUT2D eigenvalue weighted by molar-refractivity contribution is -0.236. The van der Waals surface area contributed by atoms with Crippen molar-refractivity contribution in [3.8, 4) is 0 Å². The molecule has 3 atom stereocenters. The fourth-order valence-electron chi connectivity index (χ4n) is 2.87. The van der Waals surface area contributed by atoms with Crippen molar-refractivity contribution in [3.63, 3.8) is 0 Å². The lowest BCUT2D eigenvalue weighted by atomic mass is 9.89. The third-order valence-electron chi connectivity index (χ3n) is 4.53. The van der Waals surface area contributed by atoms with Gasteiger partial charge >= 0.3 is 5.97 Å². The van der Waals surface area contributed by atoms with E-state index in [1.165, 1.54) is 5.06 Å². The normalized spacial score (nSPS) is 22.0. The van der Waals surface area contributed by atoms with E-state index in [1.807, 2.05) is 58.0 Å². The highest BCUT2D eigenvalue weighted by molar-refractivity contribution is 5.78. The number of rotatable bonds is 6. The highest BCUT2D eigenvalue weighted by Crippen LogP contribution is 2.30. The molecule has 1 aromatic rings. The molecule has 0 saturated carbocycles. The summed E-state index contributed by atoms with van der Waals surface area (Å²) >= 11 is 0. The number of ether oxygens (including phenoxy) is 1. The summed E-state index contributed by atoms with van der Waals surface area (Å²) in [6, 6.07) is 9.28. The summed E-state index contributed by atoms with van der Waals surface area (Å²) in [6.45, 7) is 11.5. The zero-order chi connectivity index (χ0) is 19.3. The molecule has 5 heteroatoms. The Morgan fingerprint density at radius 3 is 2.58 bits per heavy atom. The van der Waals surface area contributed by atoms with E-state index in [4.69, 9.17) is 9.57 Å². The number of nitrogens with zero attached hydrogens (tertiary/aromatic N) is 1. The maximum atomic E-state index is 12.5. The topological polar surface area (TPSA) is 55.8 Å². The standard InChI is InChI=1S/C21H29NO4/c1-6-15(2)19-17(26-20(24)21(3,4)5)12-13-18(23)22(19)25-14-16-10-8-7-9-11-16/h6-11,15,17,19H,1,12-14H2,2-5H3/t15-,17+,19-/m0/s1. The number of carbonyl (C=O) groups excluding carboxylic acids is 2. The van der Waals surface area contributed by atoms with Gasteiger partial charge in [-0.25, -0.2) is 5.06 Å². The first-order valence-electron chi connectivity index (χ1n) is 9.06. The molecule has 0 radical (unpaired) electrons. The Morgan fingerprint density at radius 2 is 2.00 bits per heavy atom. The van der Waals surface area contributed by atoms with Gasteiger partial charge in [-0.1, -0.05) is 43.3 Å². The molecule has 1 aliphatic rings. The van der Waals surface area contributed by atoms with Crippen LogP contribution in [0, 0.1) is 11.3 Å². The Labute approximate surface area is 155 Å². The zero-order valence-electron chi connectivity index (χ0n) is 16.1. The summed E-state index contributed by atoms with van der Waals surface area (Å²) < 4.78 is 5.76. The second kappa shape index (κ2) is 8.49. The van der Waals surface area contributed by atoms with E-state index in [0.29, 0.717) is 6.42 Å². The van der Waals surface area contributed by atoms with E-state index >= 15 is 0 Å². The quantitative estimate of drug-likeness (QED) is 0.571. The molecule has 0 N–H and O–H groups in total. The average molecular weight is 359 g/mol. The average Bonchev–Trinajstić information content (AvgIpc) is 2.61. The van der Waals surface area contributed by atoms with Crippen LogP contribution in [0.3, 0.4) is 0 Å². The molecule has 1 aromatic carbocycles. The fourth-order valence-corrected chi connectivity index (χ4v) is 2.87. The van der Waals surface area contributed by atoms with Crippen molar-refractivity contribution in [3.05, 3.63) is 48.6 Å². The van der Waals surface area contributed by atoms with Crippen LogP contribution in [0.4, 0.5) is 0 Å². The van der Waals surface area contributed by atoms with E-state index in [1.54, 1.807) is 6.08 Å². The maximum absolute atomic E-state index is 12.5. The second-order valence-corrected chi connectivity index (χ2v) is 7.80. The van der Waals surface area contributed by atoms with Gasteiger partial charge in [-0.2, -0.15) is 0 Å². The molecule has 5 nitrogen and oxygen atoms in total. The molecule has 2 rings (SSSR count). The Morgan fingerprint density at radius 1 is 1.35 bits per heavy atom. The minimum absolute atomic E-state index is 0.0761. The number of hydroxylamine groups is 2. The summed E-state index contributed by atoms with van der Waals surface area (Å²) in [7, 11) is 0. The second-order valence-electron chi connectivity index (χ2n) is 7.80. The van der Waals surface area contributed by atoms with Crippen LogP contribution in [-0.2, 0) is 25.8 Å². The predicted octanol–water partition coefficient (Wildman–Crippen LogP) is 3.89. The number of piperidine rings is 1. The molecular formula is C21H29NO4. The van der Waals surface area contributed by atoms with Crippen LogP contribution in [-0.4, -0.2) is 29.1 Å². The van der Waals surface area contributed by atoms with Crippen molar-refractivity contribution < 1.29 is 19.2 Å². The van der Waals surface area contributed by atoms with Crippen molar-refractivity contribution in [2.24, 2.45) is 11.3 Å². The minimum atomic E-state index is -0.598. The molecule has 0 aromatic heterocycles. The lowest BCUT2D eigenvalue weighted by Gasteiger charge is -2.42. The summed E-state index contributed by atoms with van der Waals surface area (Å²) in [6.07, 6.45) is 2.13. The first-order chi connectivity index (χ1) is 12.2. The van der Waals surface area contributed by atoms with Crippen molar-refractivity contribution in [1.29, 1.82) is 0 Å². The maximum Gasteiger partial charge on any atom is 0.311 e. The van der Waals surface area contributed by atoms with Crippen LogP contribution in [0.2, 0.25) is 0 Å². The Hall–Kier alpha value is -2.14. The van der Waals surface area contributed by atoms with Crippen molar-refractivity contribution in [2.45, 2.75) is 59.3 Å². The third-order valence-corrected chi connectivity index (χ3v) is 4.53. The lowest BCUT2D eigenvalue weighted by Crippen LogP contribution is -2.55. The van der Waals surface area contributed by atoms with E-state index in [2.05, 4.69) is 6.58 Å². The van der Waals surface area contributed by atoms with Gasteiger partial charge < -0.3 is 4.74 Å². The minimum Gasteiger partial charge on any atom is -0.460 e. The molecule has 0 spiro atoms. The molecule has 26 heavy (non-hydrogen) atoms. The monoisotopic (exact) mass is 359 g/mol. The van der Waals surface area contributed by atoms with Crippen LogP contribution in [0.25, 0.3) is 0 Å². The van der Waals surface area contributed by atoms with Gasteiger partial charge in [0.05, 0.1) is 5.41 Å². The van der Waals surface area contributed by atoms with Gasteiger partial charge in [0.15, 0.2) is 0 Å². The first-order valence-corrected chi connectivity index (χ1v) is 9.06. The predicted molar refractivity (Wildman–Crippen MR) is 99.8 cm³/mol. The van der Waals surface area contributed by atoms with Gasteiger partial charge in [0.2, 0.25) is 5.91 Å². The number of benzene rings is 1. The van der Waals surface area contributed by atoms with Crippen LogP contribution in [0.1, 0.15) is 46.1 Å². The molecule has 0 unspecified atom stereocenters. The van der Waals surface area contributed by atoms with Gasteiger partial charge in [0.1, 0.15) is 18.8 Å². The Bertz CT molecular complexity index is 635. The van der Waals surface area contributed by atoms with Gasteiger partial charge in [0, 0.05) is 12.3 Å². The highest BCUT2D eigenvalue weighted by Gasteiger charge is 2.42. The number of hydrogen-bond donors (Lipinski definition) is 0.